The van der Waals surface area contributed by atoms with Crippen molar-refractivity contribution in [1.29, 1.82) is 0 Å². The topological polar surface area (TPSA) is 12.0 Å². The first-order valence-corrected chi connectivity index (χ1v) is 7.53. The van der Waals surface area contributed by atoms with E-state index in [0.29, 0.717) is 6.04 Å². The summed E-state index contributed by atoms with van der Waals surface area (Å²) >= 11 is 0. The van der Waals surface area contributed by atoms with Gasteiger partial charge in [0, 0.05) is 6.04 Å². The fraction of sp³-hybridized carbons (Fsp3) is 0.647. The molecule has 0 amide bonds. The lowest BCUT2D eigenvalue weighted by Crippen LogP contribution is -2.25. The van der Waals surface area contributed by atoms with Crippen LogP contribution in [0, 0.1) is 11.8 Å². The lowest BCUT2D eigenvalue weighted by Gasteiger charge is -2.21. The quantitative estimate of drug-likeness (QED) is 0.786. The van der Waals surface area contributed by atoms with E-state index in [4.69, 9.17) is 0 Å². The van der Waals surface area contributed by atoms with Crippen LogP contribution in [0.15, 0.2) is 24.3 Å². The molecule has 2 rings (SSSR count). The van der Waals surface area contributed by atoms with Crippen molar-refractivity contribution in [1.82, 2.24) is 5.32 Å². The third kappa shape index (κ3) is 3.14. The van der Waals surface area contributed by atoms with Crippen LogP contribution in [0.1, 0.15) is 57.2 Å². The SMILES string of the molecule is CCNC1c2ccccc2CC1CCCC(C)C. The summed E-state index contributed by atoms with van der Waals surface area (Å²) in [6, 6.07) is 9.57. The fourth-order valence-corrected chi connectivity index (χ4v) is 3.23. The van der Waals surface area contributed by atoms with E-state index >= 15 is 0 Å². The maximum atomic E-state index is 3.69. The molecule has 100 valence electrons. The van der Waals surface area contributed by atoms with E-state index in [9.17, 15) is 0 Å². The lowest BCUT2D eigenvalue weighted by molar-refractivity contribution is 0.352. The summed E-state index contributed by atoms with van der Waals surface area (Å²) in [5, 5.41) is 3.69. The second-order valence-electron chi connectivity index (χ2n) is 6.02. The zero-order chi connectivity index (χ0) is 13.0. The van der Waals surface area contributed by atoms with E-state index in [1.165, 1.54) is 25.7 Å². The van der Waals surface area contributed by atoms with E-state index in [0.717, 1.165) is 18.4 Å². The zero-order valence-corrected chi connectivity index (χ0v) is 12.1. The van der Waals surface area contributed by atoms with Crippen molar-refractivity contribution in [2.45, 2.75) is 52.5 Å². The average molecular weight is 245 g/mol. The molecule has 1 aliphatic rings. The van der Waals surface area contributed by atoms with Gasteiger partial charge in [0.15, 0.2) is 0 Å². The highest BCUT2D eigenvalue weighted by molar-refractivity contribution is 5.35. The first-order chi connectivity index (χ1) is 8.72. The standard InChI is InChI=1S/C17H27N/c1-4-18-17-15(10-7-8-13(2)3)12-14-9-5-6-11-16(14)17/h5-6,9,11,13,15,17-18H,4,7-8,10,12H2,1-3H3. The summed E-state index contributed by atoms with van der Waals surface area (Å²) in [5.41, 5.74) is 3.12. The third-order valence-electron chi connectivity index (χ3n) is 4.12. The van der Waals surface area contributed by atoms with Crippen LogP contribution in [-0.2, 0) is 6.42 Å². The second kappa shape index (κ2) is 6.38. The van der Waals surface area contributed by atoms with Gasteiger partial charge in [0.2, 0.25) is 0 Å². The van der Waals surface area contributed by atoms with Crippen molar-refractivity contribution < 1.29 is 0 Å². The van der Waals surface area contributed by atoms with E-state index in [1.807, 2.05) is 0 Å². The van der Waals surface area contributed by atoms with Crippen LogP contribution in [0.4, 0.5) is 0 Å². The highest BCUT2D eigenvalue weighted by Crippen LogP contribution is 2.38. The fourth-order valence-electron chi connectivity index (χ4n) is 3.23. The molecular weight excluding hydrogens is 218 g/mol. The second-order valence-corrected chi connectivity index (χ2v) is 6.02. The summed E-state index contributed by atoms with van der Waals surface area (Å²) in [6.07, 6.45) is 5.38. The van der Waals surface area contributed by atoms with Gasteiger partial charge in [-0.25, -0.2) is 0 Å². The molecule has 0 bridgehead atoms. The molecule has 0 heterocycles. The first-order valence-electron chi connectivity index (χ1n) is 7.53. The number of fused-ring (bicyclic) bond motifs is 1. The minimum Gasteiger partial charge on any atom is -0.310 e. The Bertz CT molecular complexity index is 370. The number of benzene rings is 1. The maximum absolute atomic E-state index is 3.69. The molecule has 0 radical (unpaired) electrons. The molecule has 0 aromatic heterocycles. The van der Waals surface area contributed by atoms with Gasteiger partial charge < -0.3 is 5.32 Å². The number of hydrogen-bond acceptors (Lipinski definition) is 1. The maximum Gasteiger partial charge on any atom is 0.0354 e. The molecule has 1 aliphatic carbocycles. The van der Waals surface area contributed by atoms with Crippen LogP contribution in [-0.4, -0.2) is 6.54 Å². The number of nitrogens with one attached hydrogen (secondary N) is 1. The highest BCUT2D eigenvalue weighted by atomic mass is 14.9. The van der Waals surface area contributed by atoms with Crippen molar-refractivity contribution >= 4 is 0 Å². The van der Waals surface area contributed by atoms with Crippen LogP contribution in [0.2, 0.25) is 0 Å². The Morgan fingerprint density at radius 3 is 2.78 bits per heavy atom. The number of hydrogen-bond donors (Lipinski definition) is 1. The van der Waals surface area contributed by atoms with Crippen molar-refractivity contribution in [3.8, 4) is 0 Å². The van der Waals surface area contributed by atoms with Crippen LogP contribution in [0.3, 0.4) is 0 Å². The Hall–Kier alpha value is -0.820. The van der Waals surface area contributed by atoms with Gasteiger partial charge in [-0.2, -0.15) is 0 Å². The normalized spacial score (nSPS) is 22.4. The van der Waals surface area contributed by atoms with Crippen LogP contribution < -0.4 is 5.32 Å². The molecule has 0 spiro atoms. The summed E-state index contributed by atoms with van der Waals surface area (Å²) < 4.78 is 0. The number of rotatable bonds is 6. The molecular formula is C17H27N. The zero-order valence-electron chi connectivity index (χ0n) is 12.1. The van der Waals surface area contributed by atoms with E-state index < -0.39 is 0 Å². The van der Waals surface area contributed by atoms with Gasteiger partial charge in [-0.05, 0) is 42.3 Å². The molecule has 2 atom stereocenters. The minimum atomic E-state index is 0.596. The minimum absolute atomic E-state index is 0.596. The van der Waals surface area contributed by atoms with E-state index in [2.05, 4.69) is 50.4 Å². The Kier molecular flexibility index (Phi) is 4.82. The summed E-state index contributed by atoms with van der Waals surface area (Å²) in [5.74, 6) is 1.65. The van der Waals surface area contributed by atoms with E-state index in [-0.39, 0.29) is 0 Å². The third-order valence-corrected chi connectivity index (χ3v) is 4.12. The first kappa shape index (κ1) is 13.6. The largest absolute Gasteiger partial charge is 0.310 e. The molecule has 0 aliphatic heterocycles. The van der Waals surface area contributed by atoms with Gasteiger partial charge in [0.25, 0.3) is 0 Å². The van der Waals surface area contributed by atoms with Gasteiger partial charge in [0.1, 0.15) is 0 Å². The molecule has 1 aromatic rings. The molecule has 1 nitrogen and oxygen atoms in total. The van der Waals surface area contributed by atoms with Crippen LogP contribution in [0.25, 0.3) is 0 Å². The molecule has 0 fully saturated rings. The smallest absolute Gasteiger partial charge is 0.0354 e. The Morgan fingerprint density at radius 2 is 2.06 bits per heavy atom. The predicted octanol–water partition coefficient (Wildman–Crippen LogP) is 4.34. The van der Waals surface area contributed by atoms with Gasteiger partial charge in [-0.15, -0.1) is 0 Å². The molecule has 1 heteroatoms. The van der Waals surface area contributed by atoms with Gasteiger partial charge in [-0.1, -0.05) is 57.9 Å². The highest BCUT2D eigenvalue weighted by Gasteiger charge is 2.30. The molecule has 18 heavy (non-hydrogen) atoms. The molecule has 2 unspecified atom stereocenters. The molecule has 1 N–H and O–H groups in total. The Labute approximate surface area is 112 Å². The Morgan fingerprint density at radius 1 is 1.28 bits per heavy atom. The molecule has 1 aromatic carbocycles. The van der Waals surface area contributed by atoms with Crippen molar-refractivity contribution in [2.24, 2.45) is 11.8 Å². The monoisotopic (exact) mass is 245 g/mol. The van der Waals surface area contributed by atoms with Gasteiger partial charge in [-0.3, -0.25) is 0 Å². The lowest BCUT2D eigenvalue weighted by atomic mass is 9.92. The van der Waals surface area contributed by atoms with E-state index in [1.54, 1.807) is 11.1 Å². The van der Waals surface area contributed by atoms with Crippen LogP contribution in [0.5, 0.6) is 0 Å². The summed E-state index contributed by atoms with van der Waals surface area (Å²) in [4.78, 5) is 0. The summed E-state index contributed by atoms with van der Waals surface area (Å²) in [7, 11) is 0. The summed E-state index contributed by atoms with van der Waals surface area (Å²) in [6.45, 7) is 7.93. The van der Waals surface area contributed by atoms with Crippen molar-refractivity contribution in [2.75, 3.05) is 6.54 Å². The molecule has 0 saturated carbocycles. The van der Waals surface area contributed by atoms with Crippen molar-refractivity contribution in [3.05, 3.63) is 35.4 Å². The predicted molar refractivity (Wildman–Crippen MR) is 78.7 cm³/mol. The van der Waals surface area contributed by atoms with Crippen LogP contribution >= 0.6 is 0 Å². The molecule has 0 saturated heterocycles. The van der Waals surface area contributed by atoms with Gasteiger partial charge >= 0.3 is 0 Å². The average Bonchev–Trinajstić information content (AvgIpc) is 2.68. The van der Waals surface area contributed by atoms with Gasteiger partial charge in [0.05, 0.1) is 0 Å². The van der Waals surface area contributed by atoms with Crippen molar-refractivity contribution in [3.63, 3.8) is 0 Å². The Balaban J connectivity index is 1.99.